The molecule has 1 saturated heterocycles. The van der Waals surface area contributed by atoms with E-state index in [1.165, 1.54) is 24.3 Å². The van der Waals surface area contributed by atoms with Crippen molar-refractivity contribution in [3.05, 3.63) is 64.2 Å². The number of hydrogen-bond donors (Lipinski definition) is 1. The molecule has 1 aromatic heterocycles. The lowest BCUT2D eigenvalue weighted by atomic mass is 10.2. The van der Waals surface area contributed by atoms with E-state index in [0.717, 1.165) is 30.5 Å². The maximum atomic E-state index is 12.6. The molecular weight excluding hydrogens is 348 g/mol. The number of non-ortho nitro benzene ring substituents is 1. The Labute approximate surface area is 154 Å². The number of carbonyl (C=O) groups excluding carboxylic acids is 1. The Balaban J connectivity index is 1.65. The van der Waals surface area contributed by atoms with E-state index in [2.05, 4.69) is 10.3 Å². The van der Waals surface area contributed by atoms with Crippen LogP contribution < -0.4 is 5.32 Å². The molecule has 1 amide bonds. The zero-order chi connectivity index (χ0) is 18.8. The van der Waals surface area contributed by atoms with Crippen LogP contribution in [-0.4, -0.2) is 33.1 Å². The van der Waals surface area contributed by atoms with Crippen molar-refractivity contribution in [3.8, 4) is 0 Å². The van der Waals surface area contributed by atoms with E-state index in [1.807, 2.05) is 28.8 Å². The highest BCUT2D eigenvalue weighted by Crippen LogP contribution is 2.24. The number of fused-ring (bicyclic) bond motifs is 1. The summed E-state index contributed by atoms with van der Waals surface area (Å²) in [5.74, 6) is -0.0363. The fourth-order valence-electron chi connectivity index (χ4n) is 3.28. The smallest absolute Gasteiger partial charge is 0.270 e. The van der Waals surface area contributed by atoms with Gasteiger partial charge in [0.1, 0.15) is 0 Å². The second kappa shape index (κ2) is 7.16. The first-order valence-corrected chi connectivity index (χ1v) is 8.74. The van der Waals surface area contributed by atoms with Crippen LogP contribution >= 0.6 is 0 Å². The number of aromatic nitrogens is 2. The van der Waals surface area contributed by atoms with Crippen molar-refractivity contribution in [2.45, 2.75) is 25.5 Å². The van der Waals surface area contributed by atoms with Gasteiger partial charge in [-0.05, 0) is 31.0 Å². The van der Waals surface area contributed by atoms with Gasteiger partial charge >= 0.3 is 0 Å². The first-order chi connectivity index (χ1) is 13.1. The van der Waals surface area contributed by atoms with Gasteiger partial charge in [0, 0.05) is 24.3 Å². The van der Waals surface area contributed by atoms with Gasteiger partial charge in [-0.15, -0.1) is 0 Å². The fourth-order valence-corrected chi connectivity index (χ4v) is 3.28. The lowest BCUT2D eigenvalue weighted by Gasteiger charge is -2.14. The average molecular weight is 366 g/mol. The third-order valence-electron chi connectivity index (χ3n) is 4.61. The van der Waals surface area contributed by atoms with Crippen molar-refractivity contribution in [3.63, 3.8) is 0 Å². The van der Waals surface area contributed by atoms with Crippen LogP contribution in [0.5, 0.6) is 0 Å². The highest BCUT2D eigenvalue weighted by Gasteiger charge is 2.21. The summed E-state index contributed by atoms with van der Waals surface area (Å²) < 4.78 is 7.66. The first-order valence-electron chi connectivity index (χ1n) is 8.74. The monoisotopic (exact) mass is 366 g/mol. The van der Waals surface area contributed by atoms with Gasteiger partial charge < -0.3 is 9.30 Å². The zero-order valence-corrected chi connectivity index (χ0v) is 14.5. The number of rotatable bonds is 5. The molecule has 1 N–H and O–H groups in total. The molecule has 2 aromatic carbocycles. The molecule has 1 atom stereocenters. The van der Waals surface area contributed by atoms with Gasteiger partial charge in [-0.25, -0.2) is 4.98 Å². The number of ether oxygens (including phenoxy) is 1. The predicted octanol–water partition coefficient (Wildman–Crippen LogP) is 3.38. The topological polar surface area (TPSA) is 99.3 Å². The summed E-state index contributed by atoms with van der Waals surface area (Å²) in [6.07, 6.45) is 2.06. The van der Waals surface area contributed by atoms with E-state index in [1.54, 1.807) is 0 Å². The summed E-state index contributed by atoms with van der Waals surface area (Å²) in [7, 11) is 0. The van der Waals surface area contributed by atoms with Crippen molar-refractivity contribution in [1.29, 1.82) is 0 Å². The molecule has 138 valence electrons. The number of nitro groups is 1. The number of carbonyl (C=O) groups is 1. The third kappa shape index (κ3) is 3.52. The van der Waals surface area contributed by atoms with Crippen LogP contribution in [0.25, 0.3) is 11.0 Å². The zero-order valence-electron chi connectivity index (χ0n) is 14.5. The Morgan fingerprint density at radius 3 is 2.93 bits per heavy atom. The van der Waals surface area contributed by atoms with Gasteiger partial charge in [0.25, 0.3) is 11.6 Å². The van der Waals surface area contributed by atoms with Crippen molar-refractivity contribution < 1.29 is 14.5 Å². The Morgan fingerprint density at radius 2 is 2.15 bits per heavy atom. The van der Waals surface area contributed by atoms with Crippen molar-refractivity contribution in [2.75, 3.05) is 11.9 Å². The van der Waals surface area contributed by atoms with Crippen LogP contribution in [0.3, 0.4) is 0 Å². The van der Waals surface area contributed by atoms with Crippen LogP contribution in [0, 0.1) is 10.1 Å². The summed E-state index contributed by atoms with van der Waals surface area (Å²) in [5, 5.41) is 13.7. The van der Waals surface area contributed by atoms with E-state index < -0.39 is 10.8 Å². The fraction of sp³-hybridized carbons (Fsp3) is 0.263. The lowest BCUT2D eigenvalue weighted by molar-refractivity contribution is -0.384. The second-order valence-corrected chi connectivity index (χ2v) is 6.43. The van der Waals surface area contributed by atoms with Crippen molar-refractivity contribution in [1.82, 2.24) is 9.55 Å². The molecule has 2 heterocycles. The van der Waals surface area contributed by atoms with E-state index in [-0.39, 0.29) is 17.4 Å². The largest absolute Gasteiger partial charge is 0.376 e. The van der Waals surface area contributed by atoms with Gasteiger partial charge in [-0.3, -0.25) is 20.2 Å². The number of hydrogen-bond acceptors (Lipinski definition) is 5. The number of nitrogens with zero attached hydrogens (tertiary/aromatic N) is 3. The van der Waals surface area contributed by atoms with Gasteiger partial charge in [0.15, 0.2) is 0 Å². The Kier molecular flexibility index (Phi) is 4.55. The number of imidazole rings is 1. The molecular formula is C19H18N4O4. The van der Waals surface area contributed by atoms with E-state index in [4.69, 9.17) is 4.74 Å². The normalized spacial score (nSPS) is 16.5. The molecule has 27 heavy (non-hydrogen) atoms. The lowest BCUT2D eigenvalue weighted by Crippen LogP contribution is -2.20. The Hall–Kier alpha value is -3.26. The van der Waals surface area contributed by atoms with Crippen LogP contribution in [0.15, 0.2) is 48.5 Å². The molecule has 1 aliphatic heterocycles. The molecule has 0 aliphatic carbocycles. The quantitative estimate of drug-likeness (QED) is 0.551. The average Bonchev–Trinajstić information content (AvgIpc) is 3.31. The summed E-state index contributed by atoms with van der Waals surface area (Å²) in [6, 6.07) is 13.3. The minimum absolute atomic E-state index is 0.0797. The molecule has 8 heteroatoms. The summed E-state index contributed by atoms with van der Waals surface area (Å²) in [5.41, 5.74) is 1.75. The predicted molar refractivity (Wildman–Crippen MR) is 99.8 cm³/mol. The van der Waals surface area contributed by atoms with Crippen LogP contribution in [0.4, 0.5) is 11.6 Å². The highest BCUT2D eigenvalue weighted by atomic mass is 16.6. The molecule has 4 rings (SSSR count). The molecule has 0 spiro atoms. The van der Waals surface area contributed by atoms with E-state index in [9.17, 15) is 14.9 Å². The SMILES string of the molecule is O=C(Nc1nc2ccccc2n1CC1CCCO1)c1cccc([N+](=O)[O-])c1. The molecule has 3 aromatic rings. The number of nitro benzene ring substituents is 1. The maximum absolute atomic E-state index is 12.6. The third-order valence-corrected chi connectivity index (χ3v) is 4.61. The van der Waals surface area contributed by atoms with Gasteiger partial charge in [0.2, 0.25) is 5.95 Å². The minimum atomic E-state index is -0.524. The molecule has 1 fully saturated rings. The van der Waals surface area contributed by atoms with Crippen LogP contribution in [0.1, 0.15) is 23.2 Å². The van der Waals surface area contributed by atoms with Gasteiger partial charge in [-0.1, -0.05) is 18.2 Å². The van der Waals surface area contributed by atoms with Crippen molar-refractivity contribution in [2.24, 2.45) is 0 Å². The second-order valence-electron chi connectivity index (χ2n) is 6.43. The first kappa shape index (κ1) is 17.2. The van der Waals surface area contributed by atoms with E-state index in [0.29, 0.717) is 12.5 Å². The minimum Gasteiger partial charge on any atom is -0.376 e. The van der Waals surface area contributed by atoms with Gasteiger partial charge in [0.05, 0.1) is 28.6 Å². The highest BCUT2D eigenvalue weighted by molar-refractivity contribution is 6.04. The molecule has 0 radical (unpaired) electrons. The number of anilines is 1. The summed E-state index contributed by atoms with van der Waals surface area (Å²) in [4.78, 5) is 27.6. The molecule has 8 nitrogen and oxygen atoms in total. The maximum Gasteiger partial charge on any atom is 0.270 e. The molecule has 1 aliphatic rings. The van der Waals surface area contributed by atoms with Crippen molar-refractivity contribution >= 4 is 28.6 Å². The van der Waals surface area contributed by atoms with E-state index >= 15 is 0 Å². The molecule has 0 saturated carbocycles. The Morgan fingerprint density at radius 1 is 1.30 bits per heavy atom. The van der Waals surface area contributed by atoms with Gasteiger partial charge in [-0.2, -0.15) is 0 Å². The Bertz CT molecular complexity index is 1010. The standard InChI is InChI=1S/C19H18N4O4/c24-18(13-5-3-6-14(11-13)23(25)26)21-19-20-16-8-1-2-9-17(16)22(19)12-15-7-4-10-27-15/h1-3,5-6,8-9,11,15H,4,7,10,12H2,(H,20,21,24). The molecule has 0 bridgehead atoms. The number of nitrogens with one attached hydrogen (secondary N) is 1. The van der Waals surface area contributed by atoms with Crippen LogP contribution in [0.2, 0.25) is 0 Å². The van der Waals surface area contributed by atoms with Crippen LogP contribution in [-0.2, 0) is 11.3 Å². The number of para-hydroxylation sites is 2. The number of amides is 1. The molecule has 1 unspecified atom stereocenters. The number of benzene rings is 2. The summed E-state index contributed by atoms with van der Waals surface area (Å²) >= 11 is 0. The summed E-state index contributed by atoms with van der Waals surface area (Å²) in [6.45, 7) is 1.33.